The van der Waals surface area contributed by atoms with E-state index in [2.05, 4.69) is 28.3 Å². The van der Waals surface area contributed by atoms with Crippen LogP contribution in [-0.2, 0) is 16.9 Å². The fourth-order valence-electron chi connectivity index (χ4n) is 4.80. The molecule has 34 heavy (non-hydrogen) atoms. The Labute approximate surface area is 203 Å². The van der Waals surface area contributed by atoms with Gasteiger partial charge in [-0.3, -0.25) is 4.90 Å². The van der Waals surface area contributed by atoms with E-state index in [4.69, 9.17) is 16.3 Å². The van der Waals surface area contributed by atoms with Gasteiger partial charge in [-0.15, -0.1) is 13.2 Å². The van der Waals surface area contributed by atoms with E-state index in [-0.39, 0.29) is 17.5 Å². The Morgan fingerprint density at radius 2 is 1.85 bits per heavy atom. The van der Waals surface area contributed by atoms with E-state index in [1.54, 1.807) is 24.3 Å². The maximum atomic E-state index is 12.4. The molecule has 4 rings (SSSR count). The fourth-order valence-corrected chi connectivity index (χ4v) is 5.06. The molecule has 1 unspecified atom stereocenters. The lowest BCUT2D eigenvalue weighted by molar-refractivity contribution is -0.274. The predicted molar refractivity (Wildman–Crippen MR) is 127 cm³/mol. The first kappa shape index (κ1) is 24.6. The first-order chi connectivity index (χ1) is 16.2. The van der Waals surface area contributed by atoms with Gasteiger partial charge in [-0.05, 0) is 66.3 Å². The number of fused-ring (bicyclic) bond motifs is 2. The number of hydrogen-bond donors (Lipinski definition) is 0. The molecule has 2 aliphatic rings. The summed E-state index contributed by atoms with van der Waals surface area (Å²) in [6, 6.07) is 14.4. The second kappa shape index (κ2) is 9.98. The molecule has 0 N–H and O–H groups in total. The van der Waals surface area contributed by atoms with Crippen molar-refractivity contribution >= 4 is 11.6 Å². The van der Waals surface area contributed by atoms with Gasteiger partial charge in [0.05, 0.1) is 5.60 Å². The zero-order valence-electron chi connectivity index (χ0n) is 18.9. The number of benzene rings is 2. The quantitative estimate of drug-likeness (QED) is 0.394. The predicted octanol–water partition coefficient (Wildman–Crippen LogP) is 7.40. The zero-order valence-corrected chi connectivity index (χ0v) is 19.7. The van der Waals surface area contributed by atoms with Gasteiger partial charge in [0, 0.05) is 24.7 Å². The van der Waals surface area contributed by atoms with Crippen LogP contribution in [0.4, 0.5) is 13.2 Å². The maximum Gasteiger partial charge on any atom is 0.573 e. The number of hydrogen-bond acceptors (Lipinski definition) is 3. The molecule has 1 saturated heterocycles. The summed E-state index contributed by atoms with van der Waals surface area (Å²) in [5, 5.41) is 0.607. The fraction of sp³-hybridized carbons (Fsp3) is 0.333. The van der Waals surface area contributed by atoms with E-state index >= 15 is 0 Å². The van der Waals surface area contributed by atoms with Crippen LogP contribution >= 0.6 is 11.6 Å². The highest BCUT2D eigenvalue weighted by atomic mass is 35.5. The standard InChI is InChI=1S/C27H27ClF3NO2/c1-3-6-21(28)17-19(2)25-23-7-4-5-8-24(23)26(34-25)13-15-32(16-14-26)18-20-9-11-22(12-10-20)33-27(29,30)31/h3-12,17,25H,1,13-16,18H2,2H3/b19-17+,21-6+. The van der Waals surface area contributed by atoms with E-state index < -0.39 is 6.36 Å². The Morgan fingerprint density at radius 1 is 1.18 bits per heavy atom. The van der Waals surface area contributed by atoms with Crippen molar-refractivity contribution in [3.05, 3.63) is 101 Å². The number of nitrogens with zero attached hydrogens (tertiary/aromatic N) is 1. The van der Waals surface area contributed by atoms with Crippen LogP contribution in [0.25, 0.3) is 0 Å². The van der Waals surface area contributed by atoms with Gasteiger partial charge >= 0.3 is 6.36 Å². The molecule has 0 radical (unpaired) electrons. The summed E-state index contributed by atoms with van der Waals surface area (Å²) < 4.78 is 47.8. The summed E-state index contributed by atoms with van der Waals surface area (Å²) in [6.07, 6.45) is 2.16. The highest BCUT2D eigenvalue weighted by molar-refractivity contribution is 6.31. The third-order valence-corrected chi connectivity index (χ3v) is 6.60. The molecule has 2 aromatic rings. The summed E-state index contributed by atoms with van der Waals surface area (Å²) >= 11 is 6.28. The molecule has 1 spiro atoms. The number of alkyl halides is 3. The topological polar surface area (TPSA) is 21.7 Å². The largest absolute Gasteiger partial charge is 0.573 e. The van der Waals surface area contributed by atoms with E-state index in [0.717, 1.165) is 37.1 Å². The molecule has 0 amide bonds. The molecular weight excluding hydrogens is 463 g/mol. The Bertz CT molecular complexity index is 1080. The van der Waals surface area contributed by atoms with Crippen molar-refractivity contribution < 1.29 is 22.6 Å². The summed E-state index contributed by atoms with van der Waals surface area (Å²) in [6.45, 7) is 8.02. The lowest BCUT2D eigenvalue weighted by atomic mass is 9.83. The lowest BCUT2D eigenvalue weighted by Gasteiger charge is -2.40. The van der Waals surface area contributed by atoms with Gasteiger partial charge in [-0.25, -0.2) is 0 Å². The molecule has 1 atom stereocenters. The van der Waals surface area contributed by atoms with E-state index in [1.807, 2.05) is 25.1 Å². The summed E-state index contributed by atoms with van der Waals surface area (Å²) in [5.74, 6) is -0.206. The minimum Gasteiger partial charge on any atom is -0.406 e. The second-order valence-corrected chi connectivity index (χ2v) is 9.16. The van der Waals surface area contributed by atoms with E-state index in [1.165, 1.54) is 23.3 Å². The molecule has 2 heterocycles. The first-order valence-electron chi connectivity index (χ1n) is 11.2. The van der Waals surface area contributed by atoms with Crippen LogP contribution in [0.5, 0.6) is 5.75 Å². The van der Waals surface area contributed by atoms with Crippen LogP contribution in [0, 0.1) is 0 Å². The van der Waals surface area contributed by atoms with Crippen LogP contribution in [0.2, 0.25) is 0 Å². The van der Waals surface area contributed by atoms with Crippen LogP contribution in [0.1, 0.15) is 42.6 Å². The van der Waals surface area contributed by atoms with Gasteiger partial charge in [0.2, 0.25) is 0 Å². The number of likely N-dealkylation sites (tertiary alicyclic amines) is 1. The highest BCUT2D eigenvalue weighted by Gasteiger charge is 2.46. The van der Waals surface area contributed by atoms with Gasteiger partial charge in [-0.2, -0.15) is 0 Å². The van der Waals surface area contributed by atoms with E-state index in [9.17, 15) is 13.2 Å². The average molecular weight is 490 g/mol. The van der Waals surface area contributed by atoms with Gasteiger partial charge in [-0.1, -0.05) is 60.7 Å². The Kier molecular flexibility index (Phi) is 7.22. The molecule has 2 aliphatic heterocycles. The van der Waals surface area contributed by atoms with Crippen LogP contribution in [-0.4, -0.2) is 24.4 Å². The molecule has 3 nitrogen and oxygen atoms in total. The minimum atomic E-state index is -4.68. The molecule has 7 heteroatoms. The Hall–Kier alpha value is -2.54. The molecule has 0 bridgehead atoms. The van der Waals surface area contributed by atoms with Crippen LogP contribution in [0.15, 0.2) is 83.9 Å². The Balaban J connectivity index is 1.44. The van der Waals surface area contributed by atoms with Crippen molar-refractivity contribution in [2.45, 2.75) is 44.4 Å². The molecule has 0 aliphatic carbocycles. The lowest BCUT2D eigenvalue weighted by Crippen LogP contribution is -2.42. The van der Waals surface area contributed by atoms with Gasteiger partial charge in [0.25, 0.3) is 0 Å². The van der Waals surface area contributed by atoms with Crippen LogP contribution < -0.4 is 4.74 Å². The SMILES string of the molecule is C=C/C=C(Cl)\C=C(/C)C1OC2(CCN(Cc3ccc(OC(F)(F)F)cc3)CC2)c2ccccc21. The smallest absolute Gasteiger partial charge is 0.406 e. The zero-order chi connectivity index (χ0) is 24.3. The second-order valence-electron chi connectivity index (χ2n) is 8.72. The van der Waals surface area contributed by atoms with Crippen molar-refractivity contribution in [3.63, 3.8) is 0 Å². The molecule has 2 aromatic carbocycles. The van der Waals surface area contributed by atoms with Crippen LogP contribution in [0.3, 0.4) is 0 Å². The van der Waals surface area contributed by atoms with Crippen molar-refractivity contribution in [1.82, 2.24) is 4.90 Å². The Morgan fingerprint density at radius 3 is 2.50 bits per heavy atom. The first-order valence-corrected chi connectivity index (χ1v) is 11.6. The van der Waals surface area contributed by atoms with Crippen molar-refractivity contribution in [3.8, 4) is 5.75 Å². The maximum absolute atomic E-state index is 12.4. The normalized spacial score (nSPS) is 20.9. The highest BCUT2D eigenvalue weighted by Crippen LogP contribution is 2.51. The molecular formula is C27H27ClF3NO2. The third-order valence-electron chi connectivity index (χ3n) is 6.36. The summed E-state index contributed by atoms with van der Waals surface area (Å²) in [5.41, 5.74) is 4.03. The van der Waals surface area contributed by atoms with Crippen molar-refractivity contribution in [2.24, 2.45) is 0 Å². The number of halogens is 4. The summed E-state index contributed by atoms with van der Waals surface area (Å²) in [4.78, 5) is 2.30. The third kappa shape index (κ3) is 5.57. The van der Waals surface area contributed by atoms with Gasteiger partial charge in [0.1, 0.15) is 11.9 Å². The monoisotopic (exact) mass is 489 g/mol. The average Bonchev–Trinajstić information content (AvgIpc) is 3.10. The number of rotatable bonds is 6. The van der Waals surface area contributed by atoms with Crippen molar-refractivity contribution in [2.75, 3.05) is 13.1 Å². The number of piperidine rings is 1. The van der Waals surface area contributed by atoms with Gasteiger partial charge < -0.3 is 9.47 Å². The molecule has 0 aromatic heterocycles. The minimum absolute atomic E-state index is 0.157. The molecule has 180 valence electrons. The molecule has 0 saturated carbocycles. The summed E-state index contributed by atoms with van der Waals surface area (Å²) in [7, 11) is 0. The van der Waals surface area contributed by atoms with E-state index in [0.29, 0.717) is 11.6 Å². The number of allylic oxidation sites excluding steroid dienone is 4. The number of ether oxygens (including phenoxy) is 2. The van der Waals surface area contributed by atoms with Gasteiger partial charge in [0.15, 0.2) is 0 Å². The molecule has 1 fully saturated rings. The van der Waals surface area contributed by atoms with Crippen molar-refractivity contribution in [1.29, 1.82) is 0 Å².